The molecule has 3 rings (SSSR count). The van der Waals surface area contributed by atoms with Crippen molar-refractivity contribution in [3.8, 4) is 0 Å². The summed E-state index contributed by atoms with van der Waals surface area (Å²) < 4.78 is 26.6. The van der Waals surface area contributed by atoms with Gasteiger partial charge in [0.2, 0.25) is 0 Å². The van der Waals surface area contributed by atoms with Crippen molar-refractivity contribution in [1.29, 1.82) is 0 Å². The van der Waals surface area contributed by atoms with Gasteiger partial charge < -0.3 is 4.90 Å². The van der Waals surface area contributed by atoms with Crippen LogP contribution in [-0.2, 0) is 0 Å². The van der Waals surface area contributed by atoms with Crippen LogP contribution in [0, 0.1) is 11.6 Å². The highest BCUT2D eigenvalue weighted by Gasteiger charge is 2.35. The summed E-state index contributed by atoms with van der Waals surface area (Å²) in [7, 11) is 0. The number of amides is 2. The summed E-state index contributed by atoms with van der Waals surface area (Å²) in [4.78, 5) is 13.8. The van der Waals surface area contributed by atoms with E-state index >= 15 is 0 Å². The summed E-state index contributed by atoms with van der Waals surface area (Å²) in [6.07, 6.45) is 2.03. The molecule has 20 heavy (non-hydrogen) atoms. The van der Waals surface area contributed by atoms with E-state index in [9.17, 15) is 13.6 Å². The zero-order valence-electron chi connectivity index (χ0n) is 10.7. The van der Waals surface area contributed by atoms with Crippen molar-refractivity contribution in [2.24, 2.45) is 5.10 Å². The van der Waals surface area contributed by atoms with E-state index in [1.165, 1.54) is 17.1 Å². The molecule has 0 radical (unpaired) electrons. The molecule has 1 unspecified atom stereocenters. The van der Waals surface area contributed by atoms with Crippen LogP contribution in [0.3, 0.4) is 0 Å². The van der Waals surface area contributed by atoms with Crippen LogP contribution in [0.4, 0.5) is 13.6 Å². The monoisotopic (exact) mass is 277 g/mol. The van der Waals surface area contributed by atoms with Crippen LogP contribution in [0.1, 0.15) is 18.0 Å². The summed E-state index contributed by atoms with van der Waals surface area (Å²) in [6.45, 7) is 4.79. The average molecular weight is 277 g/mol. The number of likely N-dealkylation sites (tertiary alicyclic amines) is 1. The van der Waals surface area contributed by atoms with Crippen molar-refractivity contribution in [2.75, 3.05) is 13.1 Å². The van der Waals surface area contributed by atoms with Gasteiger partial charge in [0.15, 0.2) is 0 Å². The quantitative estimate of drug-likeness (QED) is 0.727. The normalized spacial score (nSPS) is 21.3. The van der Waals surface area contributed by atoms with Gasteiger partial charge in [-0.05, 0) is 23.3 Å². The fourth-order valence-electron chi connectivity index (χ4n) is 2.42. The maximum atomic E-state index is 13.3. The smallest absolute Gasteiger partial charge is 0.315 e. The highest BCUT2D eigenvalue weighted by molar-refractivity contribution is 5.80. The highest BCUT2D eigenvalue weighted by Crippen LogP contribution is 2.31. The Morgan fingerprint density at radius 1 is 1.25 bits per heavy atom. The first-order valence-corrected chi connectivity index (χ1v) is 6.28. The van der Waals surface area contributed by atoms with Crippen molar-refractivity contribution in [1.82, 2.24) is 9.91 Å². The molecule has 4 nitrogen and oxygen atoms in total. The summed E-state index contributed by atoms with van der Waals surface area (Å²) in [5, 5.41) is 5.30. The Kier molecular flexibility index (Phi) is 3.00. The Labute approximate surface area is 115 Å². The van der Waals surface area contributed by atoms with Crippen molar-refractivity contribution >= 4 is 12.2 Å². The molecule has 0 spiro atoms. The number of urea groups is 1. The number of hydrogen-bond acceptors (Lipinski definition) is 2. The first-order valence-electron chi connectivity index (χ1n) is 6.28. The number of rotatable bonds is 1. The van der Waals surface area contributed by atoms with E-state index in [-0.39, 0.29) is 6.03 Å². The molecular weight excluding hydrogens is 264 g/mol. The van der Waals surface area contributed by atoms with Gasteiger partial charge in [-0.15, -0.1) is 0 Å². The SMILES string of the molecule is C=C1CN(C(=O)N2N=CCC2c2cc(F)cc(F)c2)C1. The first-order chi connectivity index (χ1) is 9.54. The van der Waals surface area contributed by atoms with Gasteiger partial charge in [-0.2, -0.15) is 5.10 Å². The number of benzene rings is 1. The van der Waals surface area contributed by atoms with E-state index in [2.05, 4.69) is 11.7 Å². The summed E-state index contributed by atoms with van der Waals surface area (Å²) in [6, 6.07) is 2.56. The lowest BCUT2D eigenvalue weighted by atomic mass is 10.0. The van der Waals surface area contributed by atoms with Crippen LogP contribution in [-0.4, -0.2) is 35.2 Å². The molecule has 2 aliphatic rings. The second-order valence-corrected chi connectivity index (χ2v) is 4.99. The van der Waals surface area contributed by atoms with Gasteiger partial charge in [0.25, 0.3) is 0 Å². The van der Waals surface area contributed by atoms with E-state index in [0.29, 0.717) is 25.1 Å². The van der Waals surface area contributed by atoms with Gasteiger partial charge >= 0.3 is 6.03 Å². The molecule has 1 aromatic rings. The lowest BCUT2D eigenvalue weighted by molar-refractivity contribution is 0.135. The Balaban J connectivity index is 1.82. The first kappa shape index (κ1) is 12.8. The molecule has 2 aliphatic heterocycles. The highest BCUT2D eigenvalue weighted by atomic mass is 19.1. The van der Waals surface area contributed by atoms with Crippen LogP contribution in [0.5, 0.6) is 0 Å². The second kappa shape index (κ2) is 4.70. The summed E-state index contributed by atoms with van der Waals surface area (Å²) >= 11 is 0. The maximum absolute atomic E-state index is 13.3. The minimum absolute atomic E-state index is 0.263. The number of hydrazone groups is 1. The maximum Gasteiger partial charge on any atom is 0.341 e. The van der Waals surface area contributed by atoms with Gasteiger partial charge in [0, 0.05) is 31.8 Å². The summed E-state index contributed by atoms with van der Waals surface area (Å²) in [5.41, 5.74) is 1.39. The molecule has 1 fully saturated rings. The molecule has 1 aromatic carbocycles. The van der Waals surface area contributed by atoms with Crippen LogP contribution in [0.15, 0.2) is 35.5 Å². The predicted octanol–water partition coefficient (Wildman–Crippen LogP) is 2.69. The van der Waals surface area contributed by atoms with E-state index < -0.39 is 17.7 Å². The zero-order valence-corrected chi connectivity index (χ0v) is 10.7. The predicted molar refractivity (Wildman–Crippen MR) is 70.2 cm³/mol. The third kappa shape index (κ3) is 2.17. The molecule has 2 heterocycles. The second-order valence-electron chi connectivity index (χ2n) is 4.99. The molecule has 1 saturated heterocycles. The molecule has 6 heteroatoms. The molecule has 0 saturated carbocycles. The van der Waals surface area contributed by atoms with Gasteiger partial charge in [-0.25, -0.2) is 18.6 Å². The van der Waals surface area contributed by atoms with Gasteiger partial charge in [0.05, 0.1) is 6.04 Å². The standard InChI is InChI=1S/C14H13F2N3O/c1-9-7-18(8-9)14(20)19-13(2-3-17-19)10-4-11(15)6-12(16)5-10/h3-6,13H,1-2,7-8H2. The third-order valence-electron chi connectivity index (χ3n) is 3.40. The summed E-state index contributed by atoms with van der Waals surface area (Å²) in [5.74, 6) is -1.31. The molecular formula is C14H13F2N3O. The number of nitrogens with zero attached hydrogens (tertiary/aromatic N) is 3. The molecule has 0 N–H and O–H groups in total. The third-order valence-corrected chi connectivity index (χ3v) is 3.40. The number of hydrogen-bond donors (Lipinski definition) is 0. The van der Waals surface area contributed by atoms with Crippen molar-refractivity contribution < 1.29 is 13.6 Å². The van der Waals surface area contributed by atoms with Gasteiger partial charge in [0.1, 0.15) is 11.6 Å². The Morgan fingerprint density at radius 2 is 1.90 bits per heavy atom. The van der Waals surface area contributed by atoms with Crippen LogP contribution < -0.4 is 0 Å². The molecule has 0 aliphatic carbocycles. The Hall–Kier alpha value is -2.24. The van der Waals surface area contributed by atoms with E-state index in [0.717, 1.165) is 11.6 Å². The number of halogens is 2. The number of carbonyl (C=O) groups excluding carboxylic acids is 1. The molecule has 0 bridgehead atoms. The lowest BCUT2D eigenvalue weighted by Gasteiger charge is -2.36. The van der Waals surface area contributed by atoms with E-state index in [4.69, 9.17) is 0 Å². The topological polar surface area (TPSA) is 35.9 Å². The van der Waals surface area contributed by atoms with Gasteiger partial charge in [-0.3, -0.25) is 0 Å². The van der Waals surface area contributed by atoms with Crippen molar-refractivity contribution in [2.45, 2.75) is 12.5 Å². The van der Waals surface area contributed by atoms with E-state index in [1.807, 2.05) is 0 Å². The van der Waals surface area contributed by atoms with Crippen LogP contribution in [0.2, 0.25) is 0 Å². The molecule has 0 aromatic heterocycles. The molecule has 2 amide bonds. The van der Waals surface area contributed by atoms with Gasteiger partial charge in [-0.1, -0.05) is 6.58 Å². The van der Waals surface area contributed by atoms with Crippen molar-refractivity contribution in [3.05, 3.63) is 47.5 Å². The zero-order chi connectivity index (χ0) is 14.3. The Bertz CT molecular complexity index is 586. The fourth-order valence-corrected chi connectivity index (χ4v) is 2.42. The molecule has 1 atom stereocenters. The van der Waals surface area contributed by atoms with Crippen LogP contribution >= 0.6 is 0 Å². The number of carbonyl (C=O) groups is 1. The largest absolute Gasteiger partial charge is 0.341 e. The Morgan fingerprint density at radius 3 is 2.50 bits per heavy atom. The average Bonchev–Trinajstić information content (AvgIpc) is 2.82. The lowest BCUT2D eigenvalue weighted by Crippen LogP contribution is -2.49. The van der Waals surface area contributed by atoms with E-state index in [1.54, 1.807) is 11.1 Å². The van der Waals surface area contributed by atoms with Crippen LogP contribution in [0.25, 0.3) is 0 Å². The minimum Gasteiger partial charge on any atom is -0.315 e. The van der Waals surface area contributed by atoms with Crippen molar-refractivity contribution in [3.63, 3.8) is 0 Å². The fraction of sp³-hybridized carbons (Fsp3) is 0.286. The molecule has 104 valence electrons. The minimum atomic E-state index is -0.656.